The van der Waals surface area contributed by atoms with Crippen LogP contribution >= 0.6 is 106 Å². The summed E-state index contributed by atoms with van der Waals surface area (Å²) in [6.45, 7) is 66.8. The van der Waals surface area contributed by atoms with E-state index in [0.717, 1.165) is 34.8 Å². The van der Waals surface area contributed by atoms with Gasteiger partial charge in [0.2, 0.25) is 11.8 Å². The van der Waals surface area contributed by atoms with Gasteiger partial charge in [-0.1, -0.05) is 262 Å². The number of carbonyl (C=O) groups excluding carboxylic acids is 6. The number of allylic oxidation sites excluding steroid dienone is 8. The number of rotatable bonds is 0. The van der Waals surface area contributed by atoms with E-state index in [1.165, 1.54) is 38.6 Å². The molecule has 0 bridgehead atoms. The highest BCUT2D eigenvalue weighted by molar-refractivity contribution is 8.19. The van der Waals surface area contributed by atoms with Gasteiger partial charge >= 0.3 is 23.9 Å². The Balaban J connectivity index is 0.000000589. The molecule has 4 unspecified atom stereocenters. The molecule has 19 heteroatoms. The van der Waals surface area contributed by atoms with Crippen molar-refractivity contribution >= 4 is 142 Å². The molecule has 1 N–H and O–H groups in total. The molecule has 0 aliphatic carbocycles. The van der Waals surface area contributed by atoms with Gasteiger partial charge in [0, 0.05) is 89.1 Å². The second kappa shape index (κ2) is 47.7. The minimum Gasteiger partial charge on any atom is -0.465 e. The smallest absolute Gasteiger partial charge is 0.313 e. The molecule has 0 aromatic heterocycles. The zero-order valence-electron chi connectivity index (χ0n) is 71.4. The second-order valence-corrected chi connectivity index (χ2v) is 48.1. The summed E-state index contributed by atoms with van der Waals surface area (Å²) in [4.78, 5) is 68.3. The van der Waals surface area contributed by atoms with E-state index in [1.54, 1.807) is 29.1 Å². The maximum Gasteiger partial charge on any atom is 0.313 e. The first-order chi connectivity index (χ1) is 48.4. The van der Waals surface area contributed by atoms with Gasteiger partial charge in [0.15, 0.2) is 0 Å². The third-order valence-electron chi connectivity index (χ3n) is 18.3. The van der Waals surface area contributed by atoms with Gasteiger partial charge in [0.25, 0.3) is 0 Å². The van der Waals surface area contributed by atoms with Crippen molar-refractivity contribution in [2.45, 2.75) is 281 Å². The fourth-order valence-corrected chi connectivity index (χ4v) is 20.6. The standard InChI is InChI=1S/C9H15NO2.C9H14O3.2C9H16O2.3C9H14S.C8H16S2.C8H12S2.C8H14S2/c1-9(2,3)6-4-7(11)10-8(12)5-6;1-9(2,3)6-4-7(10)12-8(11)5-6;1-9(2,3)7-4-5-8(10)11-6-7;1-9(2,3)7-5-4-6-8(10)11-7;1-9(2,3)8-4-6-10-7-5-8;1-9(2,3)8-5-4-6-10-7-8;1-9(2,3)8-6-4-5-7-10-8;2*1-8(2,3)7-6-9-4-5-10-7;1-8(2,3)7-9-5-4-6-10-7/h6H,4-5H2,1-3H3,(H,10,11,12);6H,4-5H2,1-3H3;2*7H,4-6H2,1-3H3;4-8H,1-3H3;2*4-6H,7H2,1-3H3;7H,4-6H2,1-3H3;4-6H,1-3H3;4-5,7H,6H2,1-3H3. The molecular weight excluding hydrogens is 1490 g/mol. The number of imide groups is 1. The highest BCUT2D eigenvalue weighted by atomic mass is 32.2. The van der Waals surface area contributed by atoms with Crippen molar-refractivity contribution in [2.24, 2.45) is 77.8 Å². The molecule has 10 aliphatic rings. The molecule has 5 fully saturated rings. The lowest BCUT2D eigenvalue weighted by molar-refractivity contribution is -0.167. The minimum atomic E-state index is -0.383. The number of cyclic esters (lactones) is 4. The molecule has 106 heavy (non-hydrogen) atoms. The third-order valence-corrected chi connectivity index (χ3v) is 30.1. The van der Waals surface area contributed by atoms with Gasteiger partial charge in [-0.15, -0.1) is 82.3 Å². The Labute approximate surface area is 686 Å². The summed E-state index contributed by atoms with van der Waals surface area (Å²) in [5, 5.41) is 18.4. The van der Waals surface area contributed by atoms with Crippen LogP contribution < -0.4 is 5.32 Å². The van der Waals surface area contributed by atoms with Crippen LogP contribution in [0.5, 0.6) is 0 Å². The van der Waals surface area contributed by atoms with Crippen LogP contribution in [0.4, 0.5) is 0 Å². The number of hydrogen-bond donors (Lipinski definition) is 1. The monoisotopic (exact) mass is 1640 g/mol. The highest BCUT2D eigenvalue weighted by Gasteiger charge is 2.37. The number of hydrogen-bond acceptors (Lipinski definition) is 18. The molecule has 4 atom stereocenters. The Morgan fingerprint density at radius 2 is 1.03 bits per heavy atom. The van der Waals surface area contributed by atoms with Gasteiger partial charge in [-0.25, -0.2) is 0 Å². The van der Waals surface area contributed by atoms with E-state index < -0.39 is 0 Å². The summed E-state index contributed by atoms with van der Waals surface area (Å²) in [6, 6.07) is 0. The minimum absolute atomic E-state index is 0.00903. The average molecular weight is 1640 g/mol. The van der Waals surface area contributed by atoms with Crippen molar-refractivity contribution in [3.05, 3.63) is 102 Å². The molecule has 10 heterocycles. The Morgan fingerprint density at radius 3 is 1.35 bits per heavy atom. The van der Waals surface area contributed by atoms with Crippen molar-refractivity contribution in [1.29, 1.82) is 0 Å². The van der Waals surface area contributed by atoms with Gasteiger partial charge in [0.05, 0.1) is 11.2 Å². The maximum absolute atomic E-state index is 11.0. The quantitative estimate of drug-likeness (QED) is 0.106. The van der Waals surface area contributed by atoms with Crippen LogP contribution in [0, 0.1) is 77.8 Å². The topological polar surface area (TPSA) is 142 Å². The molecular formula is C87H145NO9S9. The largest absolute Gasteiger partial charge is 0.465 e. The average Bonchev–Trinajstić information content (AvgIpc) is 0.846. The van der Waals surface area contributed by atoms with E-state index in [0.29, 0.717) is 89.5 Å². The molecule has 0 saturated carbocycles. The number of carbonyl (C=O) groups is 6. The van der Waals surface area contributed by atoms with E-state index >= 15 is 0 Å². The van der Waals surface area contributed by atoms with Gasteiger partial charge in [0.1, 0.15) is 6.10 Å². The molecule has 5 saturated heterocycles. The van der Waals surface area contributed by atoms with Gasteiger partial charge < -0.3 is 14.2 Å². The lowest BCUT2D eigenvalue weighted by atomic mass is 9.75. The summed E-state index contributed by atoms with van der Waals surface area (Å²) in [5.74, 6) is 7.95. The lowest BCUT2D eigenvalue weighted by Gasteiger charge is -2.32. The van der Waals surface area contributed by atoms with E-state index in [1.807, 2.05) is 79.6 Å². The van der Waals surface area contributed by atoms with Crippen molar-refractivity contribution in [3.63, 3.8) is 0 Å². The van der Waals surface area contributed by atoms with E-state index in [9.17, 15) is 28.8 Å². The number of piperidine rings is 1. The Morgan fingerprint density at radius 1 is 0.462 bits per heavy atom. The van der Waals surface area contributed by atoms with Gasteiger partial charge in [-0.05, 0) is 134 Å². The SMILES string of the molecule is CC(C)(C)C1=CC=CCS1.CC(C)(C)C1=CC=CSC1.CC(C)(C)C1=CSC=CS1.CC(C)(C)C1C=CSC=C1.CC(C)(C)C1CC(=O)NC(=O)C1.CC(C)(C)C1CC(=O)OC(=O)C1.CC(C)(C)C1CCC(=O)OC1.CC(C)(C)C1CCCC(=O)O1.CC(C)(C)C1CSCCS1.CC(C)(C)C1SC=CCS1. The molecule has 0 radical (unpaired) electrons. The fraction of sp³-hybridized carbons (Fsp3) is 0.724. The molecule has 10 aliphatic heterocycles. The van der Waals surface area contributed by atoms with Crippen LogP contribution in [0.25, 0.3) is 0 Å². The zero-order valence-corrected chi connectivity index (χ0v) is 78.7. The molecule has 0 aromatic carbocycles. The molecule has 10 rings (SSSR count). The van der Waals surface area contributed by atoms with Gasteiger partial charge in [-0.3, -0.25) is 34.1 Å². The molecule has 2 amide bonds. The first-order valence-electron chi connectivity index (χ1n) is 38.1. The van der Waals surface area contributed by atoms with E-state index in [2.05, 4.69) is 307 Å². The predicted octanol–water partition coefficient (Wildman–Crippen LogP) is 26.6. The number of amides is 2. The van der Waals surface area contributed by atoms with Crippen molar-refractivity contribution in [3.8, 4) is 0 Å². The van der Waals surface area contributed by atoms with Crippen LogP contribution in [-0.4, -0.2) is 92.8 Å². The maximum atomic E-state index is 11.0. The van der Waals surface area contributed by atoms with E-state index in [4.69, 9.17) is 9.47 Å². The second-order valence-electron chi connectivity index (χ2n) is 38.7. The number of thioether (sulfide) groups is 9. The summed E-state index contributed by atoms with van der Waals surface area (Å²) in [7, 11) is 0. The summed E-state index contributed by atoms with van der Waals surface area (Å²) < 4.78 is 15.4. The summed E-state index contributed by atoms with van der Waals surface area (Å²) in [5.41, 5.74) is 4.35. The lowest BCUT2D eigenvalue weighted by Crippen LogP contribution is -2.42. The van der Waals surface area contributed by atoms with Crippen molar-refractivity contribution in [1.82, 2.24) is 5.32 Å². The van der Waals surface area contributed by atoms with Gasteiger partial charge in [-0.2, -0.15) is 23.5 Å². The fourth-order valence-electron chi connectivity index (χ4n) is 10.4. The number of ether oxygens (including phenoxy) is 3. The third kappa shape index (κ3) is 46.3. The van der Waals surface area contributed by atoms with Crippen LogP contribution in [0.2, 0.25) is 0 Å². The molecule has 0 spiro atoms. The summed E-state index contributed by atoms with van der Waals surface area (Å²) >= 11 is 17.4. The number of nitrogens with one attached hydrogen (secondary N) is 1. The molecule has 606 valence electrons. The van der Waals surface area contributed by atoms with Crippen LogP contribution in [0.1, 0.15) is 265 Å². The zero-order chi connectivity index (χ0) is 81.4. The van der Waals surface area contributed by atoms with Crippen molar-refractivity contribution < 1.29 is 43.0 Å². The van der Waals surface area contributed by atoms with E-state index in [-0.39, 0.29) is 75.3 Å². The van der Waals surface area contributed by atoms with Crippen LogP contribution in [0.3, 0.4) is 0 Å². The predicted molar refractivity (Wildman–Crippen MR) is 479 cm³/mol. The Bertz CT molecular complexity index is 2840. The first kappa shape index (κ1) is 102. The Kier molecular flexibility index (Phi) is 45.9. The van der Waals surface area contributed by atoms with Crippen LogP contribution in [0.15, 0.2) is 102 Å². The van der Waals surface area contributed by atoms with Crippen LogP contribution in [-0.2, 0) is 43.0 Å². The first-order valence-corrected chi connectivity index (χ1v) is 47.1. The Hall–Kier alpha value is -1.97. The summed E-state index contributed by atoms with van der Waals surface area (Å²) in [6.07, 6.45) is 23.7. The highest BCUT2D eigenvalue weighted by Crippen LogP contribution is 2.44. The normalized spacial score (nSPS) is 22.7. The number of esters is 4. The molecule has 0 aromatic rings. The van der Waals surface area contributed by atoms with Crippen molar-refractivity contribution in [2.75, 3.05) is 41.1 Å². The molecule has 10 nitrogen and oxygen atoms in total.